The van der Waals surface area contributed by atoms with Crippen LogP contribution < -0.4 is 10.2 Å². The maximum Gasteiger partial charge on any atom is 0.407 e. The molecule has 1 aliphatic rings. The molecule has 3 aromatic rings. The van der Waals surface area contributed by atoms with Crippen molar-refractivity contribution in [2.75, 3.05) is 11.4 Å². The Hall–Kier alpha value is -2.94. The van der Waals surface area contributed by atoms with Crippen molar-refractivity contribution in [2.45, 2.75) is 58.7 Å². The number of amides is 2. The van der Waals surface area contributed by atoms with E-state index in [1.165, 1.54) is 11.3 Å². The number of hydrogen-bond donors (Lipinski definition) is 1. The highest BCUT2D eigenvalue weighted by Gasteiger charge is 2.35. The van der Waals surface area contributed by atoms with Crippen molar-refractivity contribution in [2.24, 2.45) is 5.92 Å². The number of aryl methyl sites for hydroxylation is 1. The highest BCUT2D eigenvalue weighted by atomic mass is 32.1. The van der Waals surface area contributed by atoms with Gasteiger partial charge in [-0.2, -0.15) is 0 Å². The predicted molar refractivity (Wildman–Crippen MR) is 125 cm³/mol. The molecule has 1 aromatic carbocycles. The number of nitrogens with one attached hydrogen (secondary N) is 1. The van der Waals surface area contributed by atoms with E-state index in [9.17, 15) is 9.59 Å². The molecular formula is C23H29N5O3S. The Labute approximate surface area is 191 Å². The van der Waals surface area contributed by atoms with E-state index in [4.69, 9.17) is 9.72 Å². The molecule has 4 rings (SSSR count). The van der Waals surface area contributed by atoms with Gasteiger partial charge in [-0.15, -0.1) is 0 Å². The van der Waals surface area contributed by atoms with Gasteiger partial charge in [-0.3, -0.25) is 9.69 Å². The van der Waals surface area contributed by atoms with Gasteiger partial charge in [0.2, 0.25) is 5.91 Å². The van der Waals surface area contributed by atoms with Gasteiger partial charge in [-0.25, -0.2) is 14.8 Å². The predicted octanol–water partition coefficient (Wildman–Crippen LogP) is 4.35. The number of ether oxygens (including phenoxy) is 1. The zero-order chi connectivity index (χ0) is 22.7. The minimum absolute atomic E-state index is 0.114. The summed E-state index contributed by atoms with van der Waals surface area (Å²) in [7, 11) is 0. The molecule has 0 saturated heterocycles. The van der Waals surface area contributed by atoms with Crippen LogP contribution >= 0.6 is 11.3 Å². The van der Waals surface area contributed by atoms with Crippen LogP contribution in [0.3, 0.4) is 0 Å². The summed E-state index contributed by atoms with van der Waals surface area (Å²) in [6.07, 6.45) is 7.73. The zero-order valence-electron chi connectivity index (χ0n) is 18.7. The Kier molecular flexibility index (Phi) is 6.45. The summed E-state index contributed by atoms with van der Waals surface area (Å²) >= 11 is 1.52. The highest BCUT2D eigenvalue weighted by Crippen LogP contribution is 2.36. The van der Waals surface area contributed by atoms with Gasteiger partial charge >= 0.3 is 6.09 Å². The van der Waals surface area contributed by atoms with Crippen LogP contribution in [0.15, 0.2) is 36.9 Å². The second kappa shape index (κ2) is 9.28. The third-order valence-electron chi connectivity index (χ3n) is 5.09. The fourth-order valence-electron chi connectivity index (χ4n) is 3.41. The van der Waals surface area contributed by atoms with E-state index in [2.05, 4.69) is 10.3 Å². The maximum atomic E-state index is 13.0. The molecule has 0 atom stereocenters. The molecule has 8 nitrogen and oxygen atoms in total. The molecule has 1 saturated carbocycles. The first kappa shape index (κ1) is 22.3. The van der Waals surface area contributed by atoms with Crippen LogP contribution in [-0.4, -0.2) is 38.7 Å². The average Bonchev–Trinajstić information content (AvgIpc) is 3.27. The quantitative estimate of drug-likeness (QED) is 0.545. The number of alkyl carbamates (subject to hydrolysis) is 1. The first-order chi connectivity index (χ1) is 15.3. The number of fused-ring (bicyclic) bond motifs is 1. The lowest BCUT2D eigenvalue weighted by atomic mass is 10.2. The molecule has 9 heteroatoms. The normalized spacial score (nSPS) is 13.8. The fourth-order valence-corrected chi connectivity index (χ4v) is 4.46. The number of rotatable bonds is 8. The molecule has 2 heterocycles. The van der Waals surface area contributed by atoms with Crippen molar-refractivity contribution in [1.82, 2.24) is 19.9 Å². The molecule has 170 valence electrons. The molecule has 0 unspecified atom stereocenters. The van der Waals surface area contributed by atoms with E-state index in [1.54, 1.807) is 12.5 Å². The number of aromatic nitrogens is 3. The SMILES string of the molecule is CC(C)(C)OC(=O)NCc1cccc2sc(N(CCCn3ccnc3)C(=O)C3CC3)nc12. The Bertz CT molecular complexity index is 1080. The Balaban J connectivity index is 1.50. The van der Waals surface area contributed by atoms with Gasteiger partial charge in [0.05, 0.1) is 16.5 Å². The molecule has 32 heavy (non-hydrogen) atoms. The smallest absolute Gasteiger partial charge is 0.407 e. The monoisotopic (exact) mass is 455 g/mol. The summed E-state index contributed by atoms with van der Waals surface area (Å²) in [6, 6.07) is 5.89. The van der Waals surface area contributed by atoms with Crippen LogP contribution in [0.25, 0.3) is 10.2 Å². The van der Waals surface area contributed by atoms with Gasteiger partial charge < -0.3 is 14.6 Å². The van der Waals surface area contributed by atoms with Crippen LogP contribution in [0, 0.1) is 5.92 Å². The summed E-state index contributed by atoms with van der Waals surface area (Å²) in [5, 5.41) is 3.52. The van der Waals surface area contributed by atoms with Gasteiger partial charge in [-0.05, 0) is 51.7 Å². The number of anilines is 1. The lowest BCUT2D eigenvalue weighted by Crippen LogP contribution is -2.33. The lowest BCUT2D eigenvalue weighted by molar-refractivity contribution is -0.119. The molecule has 0 bridgehead atoms. The molecule has 2 amide bonds. The van der Waals surface area contributed by atoms with Gasteiger partial charge in [0.25, 0.3) is 0 Å². The molecule has 2 aromatic heterocycles. The molecule has 1 N–H and O–H groups in total. The van der Waals surface area contributed by atoms with Gasteiger partial charge in [-0.1, -0.05) is 23.5 Å². The molecule has 1 aliphatic carbocycles. The van der Waals surface area contributed by atoms with Crippen LogP contribution in [0.1, 0.15) is 45.6 Å². The number of thiazole rings is 1. The van der Waals surface area contributed by atoms with Crippen molar-refractivity contribution >= 4 is 38.7 Å². The summed E-state index contributed by atoms with van der Waals surface area (Å²) in [5.41, 5.74) is 1.16. The third-order valence-corrected chi connectivity index (χ3v) is 6.14. The summed E-state index contributed by atoms with van der Waals surface area (Å²) in [6.45, 7) is 7.21. The topological polar surface area (TPSA) is 89.4 Å². The van der Waals surface area contributed by atoms with E-state index in [0.29, 0.717) is 18.2 Å². The molecule has 0 spiro atoms. The Morgan fingerprint density at radius 2 is 2.12 bits per heavy atom. The number of carbonyl (C=O) groups is 2. The second-order valence-electron chi connectivity index (χ2n) is 9.03. The van der Waals surface area contributed by atoms with Gasteiger partial charge in [0.15, 0.2) is 5.13 Å². The van der Waals surface area contributed by atoms with Crippen LogP contribution in [-0.2, 0) is 22.6 Å². The second-order valence-corrected chi connectivity index (χ2v) is 10.0. The minimum atomic E-state index is -0.551. The summed E-state index contributed by atoms with van der Waals surface area (Å²) < 4.78 is 8.33. The van der Waals surface area contributed by atoms with E-state index in [0.717, 1.165) is 41.6 Å². The number of nitrogens with zero attached hydrogens (tertiary/aromatic N) is 4. The van der Waals surface area contributed by atoms with Crippen molar-refractivity contribution < 1.29 is 14.3 Å². The summed E-state index contributed by atoms with van der Waals surface area (Å²) in [4.78, 5) is 35.8. The van der Waals surface area contributed by atoms with E-state index in [1.807, 2.05) is 54.6 Å². The minimum Gasteiger partial charge on any atom is -0.444 e. The van der Waals surface area contributed by atoms with Crippen LogP contribution in [0.4, 0.5) is 9.93 Å². The first-order valence-electron chi connectivity index (χ1n) is 10.9. The average molecular weight is 456 g/mol. The molecule has 1 fully saturated rings. The van der Waals surface area contributed by atoms with Crippen molar-refractivity contribution in [3.8, 4) is 0 Å². The lowest BCUT2D eigenvalue weighted by Gasteiger charge is -2.20. The van der Waals surface area contributed by atoms with E-state index in [-0.39, 0.29) is 11.8 Å². The number of carbonyl (C=O) groups excluding carboxylic acids is 2. The standard InChI is InChI=1S/C23H29N5O3S/c1-23(2,3)31-22(30)25-14-17-6-4-7-18-19(17)26-21(32-18)28(20(29)16-8-9-16)12-5-11-27-13-10-24-15-27/h4,6-7,10,13,15-16H,5,8-9,11-12,14H2,1-3H3,(H,25,30). The van der Waals surface area contributed by atoms with Crippen molar-refractivity contribution in [1.29, 1.82) is 0 Å². The Morgan fingerprint density at radius 3 is 2.81 bits per heavy atom. The van der Waals surface area contributed by atoms with E-state index >= 15 is 0 Å². The highest BCUT2D eigenvalue weighted by molar-refractivity contribution is 7.22. The largest absolute Gasteiger partial charge is 0.444 e. The number of para-hydroxylation sites is 1. The number of benzene rings is 1. The maximum absolute atomic E-state index is 13.0. The molecule has 0 aliphatic heterocycles. The number of imidazole rings is 1. The molecule has 0 radical (unpaired) electrons. The van der Waals surface area contributed by atoms with Gasteiger partial charge in [0.1, 0.15) is 5.60 Å². The fraction of sp³-hybridized carbons (Fsp3) is 0.478. The Morgan fingerprint density at radius 1 is 1.31 bits per heavy atom. The van der Waals surface area contributed by atoms with Crippen LogP contribution in [0.5, 0.6) is 0 Å². The third kappa shape index (κ3) is 5.64. The summed E-state index contributed by atoms with van der Waals surface area (Å²) in [5.74, 6) is 0.270. The molecular weight excluding hydrogens is 426 g/mol. The number of hydrogen-bond acceptors (Lipinski definition) is 6. The first-order valence-corrected chi connectivity index (χ1v) is 11.7. The van der Waals surface area contributed by atoms with Gasteiger partial charge in [0, 0.05) is 37.9 Å². The zero-order valence-corrected chi connectivity index (χ0v) is 19.5. The van der Waals surface area contributed by atoms with Crippen molar-refractivity contribution in [3.05, 3.63) is 42.5 Å². The van der Waals surface area contributed by atoms with Crippen molar-refractivity contribution in [3.63, 3.8) is 0 Å². The van der Waals surface area contributed by atoms with Crippen LogP contribution in [0.2, 0.25) is 0 Å². The van der Waals surface area contributed by atoms with E-state index < -0.39 is 11.7 Å².